The molecule has 1 heterocycles. The average Bonchev–Trinajstić information content (AvgIpc) is 2.33. The monoisotopic (exact) mass is 221 g/mol. The van der Waals surface area contributed by atoms with Gasteiger partial charge < -0.3 is 9.94 Å². The fourth-order valence-corrected chi connectivity index (χ4v) is 1.73. The molecule has 0 radical (unpaired) electrons. The molecule has 1 aliphatic heterocycles. The highest BCUT2D eigenvalue weighted by Gasteiger charge is 2.24. The van der Waals surface area contributed by atoms with E-state index in [0.29, 0.717) is 18.5 Å². The van der Waals surface area contributed by atoms with E-state index in [4.69, 9.17) is 4.84 Å². The molecule has 1 N–H and O–H groups in total. The second-order valence-corrected chi connectivity index (χ2v) is 3.86. The summed E-state index contributed by atoms with van der Waals surface area (Å²) < 4.78 is 0. The van der Waals surface area contributed by atoms with Gasteiger partial charge in [0.2, 0.25) is 0 Å². The lowest BCUT2D eigenvalue weighted by atomic mass is 10.1. The van der Waals surface area contributed by atoms with Crippen molar-refractivity contribution in [2.75, 3.05) is 6.54 Å². The van der Waals surface area contributed by atoms with Crippen LogP contribution in [0, 0.1) is 0 Å². The Balaban J connectivity index is 1.96. The summed E-state index contributed by atoms with van der Waals surface area (Å²) in [6.07, 6.45) is 1.91. The molecule has 1 unspecified atom stereocenters. The van der Waals surface area contributed by atoms with Crippen molar-refractivity contribution in [3.63, 3.8) is 0 Å². The Morgan fingerprint density at radius 2 is 2.06 bits per heavy atom. The molecule has 0 aromatic heterocycles. The summed E-state index contributed by atoms with van der Waals surface area (Å²) in [5.41, 5.74) is 0.500. The van der Waals surface area contributed by atoms with E-state index in [0.717, 1.165) is 12.8 Å². The minimum absolute atomic E-state index is 0.415. The van der Waals surface area contributed by atoms with E-state index in [9.17, 15) is 9.90 Å². The number of nitrogens with zero attached hydrogens (tertiary/aromatic N) is 1. The van der Waals surface area contributed by atoms with Crippen molar-refractivity contribution < 1.29 is 14.7 Å². The number of benzene rings is 1. The van der Waals surface area contributed by atoms with Crippen LogP contribution in [0.15, 0.2) is 30.3 Å². The van der Waals surface area contributed by atoms with Crippen molar-refractivity contribution in [3.05, 3.63) is 35.9 Å². The van der Waals surface area contributed by atoms with E-state index in [1.54, 1.807) is 24.3 Å². The van der Waals surface area contributed by atoms with Gasteiger partial charge in [-0.25, -0.2) is 4.79 Å². The second kappa shape index (κ2) is 5.09. The SMILES string of the molecule is O=C(ON1CCCCC1O)c1ccccc1. The summed E-state index contributed by atoms with van der Waals surface area (Å²) in [4.78, 5) is 16.8. The summed E-state index contributed by atoms with van der Waals surface area (Å²) in [5.74, 6) is -0.415. The minimum Gasteiger partial charge on any atom is -0.375 e. The molecule has 1 fully saturated rings. The third-order valence-corrected chi connectivity index (χ3v) is 2.63. The fourth-order valence-electron chi connectivity index (χ4n) is 1.73. The van der Waals surface area contributed by atoms with Crippen LogP contribution in [0.5, 0.6) is 0 Å². The highest BCUT2D eigenvalue weighted by Crippen LogP contribution is 2.16. The predicted molar refractivity (Wildman–Crippen MR) is 58.4 cm³/mol. The molecule has 2 rings (SSSR count). The summed E-state index contributed by atoms with van der Waals surface area (Å²) in [7, 11) is 0. The van der Waals surface area contributed by atoms with Gasteiger partial charge in [-0.2, -0.15) is 0 Å². The topological polar surface area (TPSA) is 49.8 Å². The van der Waals surface area contributed by atoms with E-state index in [2.05, 4.69) is 0 Å². The van der Waals surface area contributed by atoms with Crippen LogP contribution in [0.4, 0.5) is 0 Å². The number of aliphatic hydroxyl groups excluding tert-OH is 1. The van der Waals surface area contributed by atoms with Crippen molar-refractivity contribution in [3.8, 4) is 0 Å². The first-order valence-corrected chi connectivity index (χ1v) is 5.49. The fraction of sp³-hybridized carbons (Fsp3) is 0.417. The van der Waals surface area contributed by atoms with Crippen LogP contribution in [0.3, 0.4) is 0 Å². The lowest BCUT2D eigenvalue weighted by Crippen LogP contribution is -2.40. The number of hydrogen-bond donors (Lipinski definition) is 1. The number of piperidine rings is 1. The van der Waals surface area contributed by atoms with Gasteiger partial charge in [0.25, 0.3) is 0 Å². The molecular formula is C12H15NO3. The van der Waals surface area contributed by atoms with Gasteiger partial charge in [0, 0.05) is 6.54 Å². The Labute approximate surface area is 94.4 Å². The molecule has 86 valence electrons. The average molecular weight is 221 g/mol. The number of carbonyl (C=O) groups is 1. The molecule has 1 atom stereocenters. The highest BCUT2D eigenvalue weighted by atomic mass is 16.7. The Kier molecular flexibility index (Phi) is 3.54. The zero-order valence-corrected chi connectivity index (χ0v) is 9.00. The first-order valence-electron chi connectivity index (χ1n) is 5.49. The predicted octanol–water partition coefficient (Wildman–Crippen LogP) is 1.56. The van der Waals surface area contributed by atoms with Crippen LogP contribution in [0.25, 0.3) is 0 Å². The van der Waals surface area contributed by atoms with Gasteiger partial charge in [-0.05, 0) is 31.4 Å². The van der Waals surface area contributed by atoms with Gasteiger partial charge in [0.05, 0.1) is 5.56 Å². The summed E-state index contributed by atoms with van der Waals surface area (Å²) >= 11 is 0. The molecule has 0 saturated carbocycles. The Hall–Kier alpha value is -1.39. The third kappa shape index (κ3) is 2.59. The number of hydrogen-bond acceptors (Lipinski definition) is 4. The summed E-state index contributed by atoms with van der Waals surface area (Å²) in [6, 6.07) is 8.79. The maximum Gasteiger partial charge on any atom is 0.357 e. The van der Waals surface area contributed by atoms with Gasteiger partial charge in [-0.3, -0.25) is 0 Å². The van der Waals surface area contributed by atoms with Crippen molar-refractivity contribution in [1.82, 2.24) is 5.06 Å². The number of aliphatic hydroxyl groups is 1. The minimum atomic E-state index is -0.665. The standard InChI is InChI=1S/C12H15NO3/c14-11-8-4-5-9-13(11)16-12(15)10-6-2-1-3-7-10/h1-3,6-7,11,14H,4-5,8-9H2. The van der Waals surface area contributed by atoms with Crippen molar-refractivity contribution >= 4 is 5.97 Å². The molecule has 4 heteroatoms. The normalized spacial score (nSPS) is 21.7. The largest absolute Gasteiger partial charge is 0.375 e. The van der Waals surface area contributed by atoms with Crippen LogP contribution in [-0.4, -0.2) is 28.9 Å². The molecule has 1 aromatic carbocycles. The van der Waals surface area contributed by atoms with Crippen LogP contribution < -0.4 is 0 Å². The lowest BCUT2D eigenvalue weighted by Gasteiger charge is -2.29. The first kappa shape index (κ1) is 11.1. The summed E-state index contributed by atoms with van der Waals surface area (Å²) in [5, 5.41) is 11.0. The smallest absolute Gasteiger partial charge is 0.357 e. The van der Waals surface area contributed by atoms with E-state index in [-0.39, 0.29) is 0 Å². The van der Waals surface area contributed by atoms with Crippen molar-refractivity contribution in [2.45, 2.75) is 25.5 Å². The van der Waals surface area contributed by atoms with Gasteiger partial charge in [0.1, 0.15) is 6.23 Å². The number of hydroxylamine groups is 2. The Morgan fingerprint density at radius 1 is 1.31 bits per heavy atom. The quantitative estimate of drug-likeness (QED) is 0.823. The second-order valence-electron chi connectivity index (χ2n) is 3.86. The van der Waals surface area contributed by atoms with Gasteiger partial charge in [0.15, 0.2) is 0 Å². The molecule has 1 aromatic rings. The third-order valence-electron chi connectivity index (χ3n) is 2.63. The maximum absolute atomic E-state index is 11.7. The van der Waals surface area contributed by atoms with Gasteiger partial charge in [-0.15, -0.1) is 5.06 Å². The molecule has 0 spiro atoms. The van der Waals surface area contributed by atoms with E-state index >= 15 is 0 Å². The van der Waals surface area contributed by atoms with Crippen LogP contribution >= 0.6 is 0 Å². The molecule has 0 bridgehead atoms. The number of rotatable bonds is 2. The van der Waals surface area contributed by atoms with Gasteiger partial charge >= 0.3 is 5.97 Å². The summed E-state index contributed by atoms with van der Waals surface area (Å²) in [6.45, 7) is 0.597. The number of carbonyl (C=O) groups excluding carboxylic acids is 1. The van der Waals surface area contributed by atoms with E-state index in [1.807, 2.05) is 6.07 Å². The van der Waals surface area contributed by atoms with Crippen LogP contribution in [0.1, 0.15) is 29.6 Å². The molecular weight excluding hydrogens is 206 g/mol. The zero-order chi connectivity index (χ0) is 11.4. The molecule has 16 heavy (non-hydrogen) atoms. The van der Waals surface area contributed by atoms with Crippen molar-refractivity contribution in [2.24, 2.45) is 0 Å². The van der Waals surface area contributed by atoms with Crippen molar-refractivity contribution in [1.29, 1.82) is 0 Å². The van der Waals surface area contributed by atoms with Crippen LogP contribution in [-0.2, 0) is 4.84 Å². The molecule has 0 aliphatic carbocycles. The van der Waals surface area contributed by atoms with Crippen LogP contribution in [0.2, 0.25) is 0 Å². The zero-order valence-electron chi connectivity index (χ0n) is 9.00. The van der Waals surface area contributed by atoms with E-state index in [1.165, 1.54) is 5.06 Å². The molecule has 1 saturated heterocycles. The van der Waals surface area contributed by atoms with Gasteiger partial charge in [-0.1, -0.05) is 18.2 Å². The molecule has 0 amide bonds. The molecule has 4 nitrogen and oxygen atoms in total. The first-order chi connectivity index (χ1) is 7.77. The van der Waals surface area contributed by atoms with E-state index < -0.39 is 12.2 Å². The highest BCUT2D eigenvalue weighted by molar-refractivity contribution is 5.89. The Morgan fingerprint density at radius 3 is 2.75 bits per heavy atom. The lowest BCUT2D eigenvalue weighted by molar-refractivity contribution is -0.211. The maximum atomic E-state index is 11.7. The Bertz CT molecular complexity index is 353. The molecule has 1 aliphatic rings.